The minimum Gasteiger partial charge on any atom is -0.493 e. The van der Waals surface area contributed by atoms with Crippen molar-refractivity contribution in [3.8, 4) is 11.5 Å². The normalized spacial score (nSPS) is 20.4. The minimum atomic E-state index is -1.06. The number of carboxylic acid groups (broad SMARTS) is 1. The molecule has 2 rings (SSSR count). The molecule has 1 aromatic rings. The van der Waals surface area contributed by atoms with E-state index in [0.717, 1.165) is 0 Å². The van der Waals surface area contributed by atoms with Crippen LogP contribution in [-0.2, 0) is 4.79 Å². The Morgan fingerprint density at radius 1 is 1.39 bits per heavy atom. The van der Waals surface area contributed by atoms with Crippen LogP contribution in [0, 0.1) is 0 Å². The number of carbonyl (C=O) groups excluding carboxylic acids is 1. The number of ether oxygens (including phenoxy) is 2. The van der Waals surface area contributed by atoms with E-state index in [4.69, 9.17) is 14.6 Å². The smallest absolute Gasteiger partial charge is 0.335 e. The highest BCUT2D eigenvalue weighted by atomic mass is 19.1. The number of amides is 1. The van der Waals surface area contributed by atoms with Crippen LogP contribution in [-0.4, -0.2) is 54.4 Å². The molecule has 0 saturated carbocycles. The first-order valence-electron chi connectivity index (χ1n) is 7.43. The summed E-state index contributed by atoms with van der Waals surface area (Å²) in [6.45, 7) is 1.96. The van der Waals surface area contributed by atoms with Crippen molar-refractivity contribution in [2.24, 2.45) is 0 Å². The molecule has 1 amide bonds. The average molecular weight is 325 g/mol. The zero-order valence-electron chi connectivity index (χ0n) is 13.1. The van der Waals surface area contributed by atoms with E-state index < -0.39 is 12.1 Å². The lowest BCUT2D eigenvalue weighted by molar-refractivity contribution is -0.132. The highest BCUT2D eigenvalue weighted by molar-refractivity contribution is 5.88. The molecule has 1 aromatic carbocycles. The molecule has 1 unspecified atom stereocenters. The molecular weight excluding hydrogens is 305 g/mol. The van der Waals surface area contributed by atoms with Gasteiger partial charge in [-0.2, -0.15) is 0 Å². The van der Waals surface area contributed by atoms with Crippen molar-refractivity contribution < 1.29 is 28.6 Å². The fourth-order valence-corrected chi connectivity index (χ4v) is 2.63. The first-order chi connectivity index (χ1) is 11.0. The summed E-state index contributed by atoms with van der Waals surface area (Å²) in [6, 6.07) is 3.93. The lowest BCUT2D eigenvalue weighted by Gasteiger charge is -2.24. The number of hydrogen-bond acceptors (Lipinski definition) is 4. The van der Waals surface area contributed by atoms with Crippen molar-refractivity contribution in [2.75, 3.05) is 20.3 Å². The molecule has 0 radical (unpaired) electrons. The number of halogens is 1. The second kappa shape index (κ2) is 7.30. The van der Waals surface area contributed by atoms with Gasteiger partial charge in [0.25, 0.3) is 0 Å². The number of carbonyl (C=O) groups is 2. The molecule has 126 valence electrons. The third-order valence-electron chi connectivity index (χ3n) is 3.83. The van der Waals surface area contributed by atoms with E-state index in [1.807, 2.05) is 0 Å². The topological polar surface area (TPSA) is 76.1 Å². The lowest BCUT2D eigenvalue weighted by atomic mass is 10.2. The number of nitrogens with zero attached hydrogens (tertiary/aromatic N) is 1. The summed E-state index contributed by atoms with van der Waals surface area (Å²) in [5.74, 6) is -0.519. The van der Waals surface area contributed by atoms with E-state index in [0.29, 0.717) is 12.2 Å². The van der Waals surface area contributed by atoms with Gasteiger partial charge < -0.3 is 19.5 Å². The molecule has 7 heteroatoms. The Hall–Kier alpha value is -2.31. The quantitative estimate of drug-likeness (QED) is 0.867. The number of rotatable bonds is 6. The number of aromatic carboxylic acids is 1. The molecule has 0 spiro atoms. The zero-order chi connectivity index (χ0) is 17.0. The molecular formula is C16H20FNO5. The van der Waals surface area contributed by atoms with Crippen LogP contribution in [0.2, 0.25) is 0 Å². The second-order valence-corrected chi connectivity index (χ2v) is 5.37. The Balaban J connectivity index is 2.07. The van der Waals surface area contributed by atoms with Crippen LogP contribution in [0.1, 0.15) is 30.1 Å². The zero-order valence-corrected chi connectivity index (χ0v) is 13.1. The van der Waals surface area contributed by atoms with Gasteiger partial charge in [0.2, 0.25) is 5.91 Å². The molecule has 1 aliphatic heterocycles. The van der Waals surface area contributed by atoms with E-state index >= 15 is 0 Å². The summed E-state index contributed by atoms with van der Waals surface area (Å²) in [6.07, 6.45) is -0.489. The first-order valence-corrected chi connectivity index (χ1v) is 7.43. The number of alkyl halides is 1. The highest BCUT2D eigenvalue weighted by Gasteiger charge is 2.35. The van der Waals surface area contributed by atoms with Gasteiger partial charge in [0.1, 0.15) is 12.8 Å². The van der Waals surface area contributed by atoms with Gasteiger partial charge in [-0.25, -0.2) is 9.18 Å². The van der Waals surface area contributed by atoms with Gasteiger partial charge in [-0.3, -0.25) is 4.79 Å². The Morgan fingerprint density at radius 2 is 2.13 bits per heavy atom. The average Bonchev–Trinajstić information content (AvgIpc) is 2.92. The van der Waals surface area contributed by atoms with Crippen LogP contribution >= 0.6 is 0 Å². The fourth-order valence-electron chi connectivity index (χ4n) is 2.63. The Kier molecular flexibility index (Phi) is 5.41. The molecule has 1 fully saturated rings. The van der Waals surface area contributed by atoms with E-state index in [2.05, 4.69) is 0 Å². The van der Waals surface area contributed by atoms with E-state index in [-0.39, 0.29) is 42.8 Å². The molecule has 23 heavy (non-hydrogen) atoms. The molecule has 1 aliphatic rings. The molecule has 1 N–H and O–H groups in total. The Labute approximate surface area is 133 Å². The van der Waals surface area contributed by atoms with Crippen LogP contribution in [0.5, 0.6) is 11.5 Å². The number of hydrogen-bond donors (Lipinski definition) is 1. The molecule has 0 aromatic heterocycles. The maximum absolute atomic E-state index is 13.6. The van der Waals surface area contributed by atoms with Crippen LogP contribution < -0.4 is 9.47 Å². The lowest BCUT2D eigenvalue weighted by Crippen LogP contribution is -2.38. The van der Waals surface area contributed by atoms with Crippen molar-refractivity contribution in [1.82, 2.24) is 4.90 Å². The van der Waals surface area contributed by atoms with Crippen molar-refractivity contribution in [3.63, 3.8) is 0 Å². The predicted octanol–water partition coefficient (Wildman–Crippen LogP) is 2.12. The van der Waals surface area contributed by atoms with Crippen molar-refractivity contribution in [1.29, 1.82) is 0 Å². The van der Waals surface area contributed by atoms with Gasteiger partial charge in [-0.15, -0.1) is 0 Å². The maximum Gasteiger partial charge on any atom is 0.335 e. The fraction of sp³-hybridized carbons (Fsp3) is 0.500. The predicted molar refractivity (Wildman–Crippen MR) is 80.8 cm³/mol. The van der Waals surface area contributed by atoms with E-state index in [1.165, 1.54) is 30.2 Å². The Bertz CT molecular complexity index is 592. The molecule has 0 bridgehead atoms. The third kappa shape index (κ3) is 3.91. The minimum absolute atomic E-state index is 0.0849. The van der Waals surface area contributed by atoms with Crippen molar-refractivity contribution in [2.45, 2.75) is 32.0 Å². The van der Waals surface area contributed by atoms with Gasteiger partial charge in [-0.1, -0.05) is 6.92 Å². The van der Waals surface area contributed by atoms with Gasteiger partial charge in [-0.05, 0) is 18.2 Å². The largest absolute Gasteiger partial charge is 0.493 e. The van der Waals surface area contributed by atoms with Gasteiger partial charge in [0, 0.05) is 12.8 Å². The number of carboxylic acids is 1. The van der Waals surface area contributed by atoms with Crippen LogP contribution in [0.15, 0.2) is 18.2 Å². The summed E-state index contributed by atoms with van der Waals surface area (Å²) in [5, 5.41) is 8.97. The van der Waals surface area contributed by atoms with Crippen LogP contribution in [0.3, 0.4) is 0 Å². The molecule has 6 nitrogen and oxygen atoms in total. The number of likely N-dealkylation sites (tertiary alicyclic amines) is 1. The summed E-state index contributed by atoms with van der Waals surface area (Å²) in [7, 11) is 1.41. The van der Waals surface area contributed by atoms with Gasteiger partial charge >= 0.3 is 5.97 Å². The summed E-state index contributed by atoms with van der Waals surface area (Å²) < 4.78 is 24.4. The molecule has 1 heterocycles. The molecule has 0 aliphatic carbocycles. The molecule has 2 atom stereocenters. The van der Waals surface area contributed by atoms with Crippen molar-refractivity contribution >= 4 is 11.9 Å². The van der Waals surface area contributed by atoms with Crippen LogP contribution in [0.25, 0.3) is 0 Å². The van der Waals surface area contributed by atoms with E-state index in [1.54, 1.807) is 6.92 Å². The standard InChI is InChI=1S/C16H20FNO5/c1-3-15(19)18-8-11(17)7-12(18)9-23-13-5-4-10(16(20)21)6-14(13)22-2/h4-6,11-12H,3,7-9H2,1-2H3,(H,20,21)/t11?,12-/m0/s1. The number of methoxy groups -OCH3 is 1. The Morgan fingerprint density at radius 3 is 2.74 bits per heavy atom. The SMILES string of the molecule is CCC(=O)N1CC(F)C[C@H]1COc1ccc(C(=O)O)cc1OC. The molecule has 1 saturated heterocycles. The van der Waals surface area contributed by atoms with Crippen LogP contribution in [0.4, 0.5) is 4.39 Å². The monoisotopic (exact) mass is 325 g/mol. The van der Waals surface area contributed by atoms with E-state index in [9.17, 15) is 14.0 Å². The van der Waals surface area contributed by atoms with Crippen molar-refractivity contribution in [3.05, 3.63) is 23.8 Å². The summed E-state index contributed by atoms with van der Waals surface area (Å²) in [5.41, 5.74) is 0.0849. The third-order valence-corrected chi connectivity index (χ3v) is 3.83. The summed E-state index contributed by atoms with van der Waals surface area (Å²) in [4.78, 5) is 24.3. The highest BCUT2D eigenvalue weighted by Crippen LogP contribution is 2.29. The maximum atomic E-state index is 13.6. The second-order valence-electron chi connectivity index (χ2n) is 5.37. The van der Waals surface area contributed by atoms with Gasteiger partial charge in [0.15, 0.2) is 11.5 Å². The first kappa shape index (κ1) is 17.1. The van der Waals surface area contributed by atoms with Gasteiger partial charge in [0.05, 0.1) is 25.3 Å². The summed E-state index contributed by atoms with van der Waals surface area (Å²) >= 11 is 0. The number of benzene rings is 1.